The van der Waals surface area contributed by atoms with Crippen LogP contribution >= 0.6 is 0 Å². The van der Waals surface area contributed by atoms with Crippen LogP contribution < -0.4 is 5.32 Å². The van der Waals surface area contributed by atoms with Gasteiger partial charge in [-0.2, -0.15) is 5.10 Å². The number of nitrogens with one attached hydrogen (secondary N) is 1. The second kappa shape index (κ2) is 5.40. The zero-order chi connectivity index (χ0) is 14.0. The Balaban J connectivity index is 2.26. The van der Waals surface area contributed by atoms with Gasteiger partial charge in [-0.3, -0.25) is 14.8 Å². The number of hydrogen-bond donors (Lipinski definition) is 3. The quantitative estimate of drug-likeness (QED) is 0.747. The van der Waals surface area contributed by atoms with E-state index in [4.69, 9.17) is 10.2 Å². The number of carboxylic acid groups (broad SMARTS) is 2. The topological polar surface area (TPSA) is 104 Å². The minimum Gasteiger partial charge on any atom is -0.480 e. The smallest absolute Gasteiger partial charge is 0.356 e. The fourth-order valence-electron chi connectivity index (χ4n) is 2.30. The average molecular weight is 267 g/mol. The number of aliphatic carboxylic acids is 1. The predicted molar refractivity (Wildman–Crippen MR) is 66.0 cm³/mol. The zero-order valence-electron chi connectivity index (χ0n) is 10.7. The van der Waals surface area contributed by atoms with Crippen molar-refractivity contribution in [2.24, 2.45) is 0 Å². The SMILES string of the molecule is CC(NC1CCCCn2nc(C(=O)O)cc21)C(=O)O. The zero-order valence-corrected chi connectivity index (χ0v) is 10.7. The number of fused-ring (bicyclic) bond motifs is 1. The number of carboxylic acids is 2. The number of hydrogen-bond acceptors (Lipinski definition) is 4. The Morgan fingerprint density at radius 1 is 1.47 bits per heavy atom. The third kappa shape index (κ3) is 2.93. The summed E-state index contributed by atoms with van der Waals surface area (Å²) in [6.07, 6.45) is 2.64. The van der Waals surface area contributed by atoms with Crippen LogP contribution in [-0.2, 0) is 11.3 Å². The summed E-state index contributed by atoms with van der Waals surface area (Å²) in [5.74, 6) is -1.99. The molecule has 7 nitrogen and oxygen atoms in total. The molecule has 7 heteroatoms. The summed E-state index contributed by atoms with van der Waals surface area (Å²) in [5.41, 5.74) is 0.759. The molecule has 0 saturated carbocycles. The Bertz CT molecular complexity index is 497. The molecule has 0 spiro atoms. The van der Waals surface area contributed by atoms with E-state index >= 15 is 0 Å². The van der Waals surface area contributed by atoms with Crippen molar-refractivity contribution >= 4 is 11.9 Å². The van der Waals surface area contributed by atoms with Crippen molar-refractivity contribution < 1.29 is 19.8 Å². The molecule has 104 valence electrons. The molecular formula is C12H17N3O4. The lowest BCUT2D eigenvalue weighted by molar-refractivity contribution is -0.139. The summed E-state index contributed by atoms with van der Waals surface area (Å²) >= 11 is 0. The molecule has 0 aliphatic carbocycles. The molecular weight excluding hydrogens is 250 g/mol. The number of carbonyl (C=O) groups is 2. The fraction of sp³-hybridized carbons (Fsp3) is 0.583. The normalized spacial score (nSPS) is 20.4. The maximum Gasteiger partial charge on any atom is 0.356 e. The van der Waals surface area contributed by atoms with Crippen LogP contribution in [-0.4, -0.2) is 38.0 Å². The van der Waals surface area contributed by atoms with E-state index in [9.17, 15) is 9.59 Å². The van der Waals surface area contributed by atoms with Gasteiger partial charge in [0.2, 0.25) is 0 Å². The highest BCUT2D eigenvalue weighted by Crippen LogP contribution is 2.25. The van der Waals surface area contributed by atoms with Crippen LogP contribution in [0.15, 0.2) is 6.07 Å². The van der Waals surface area contributed by atoms with Crippen molar-refractivity contribution in [3.05, 3.63) is 17.5 Å². The van der Waals surface area contributed by atoms with Gasteiger partial charge in [0.25, 0.3) is 0 Å². The van der Waals surface area contributed by atoms with Gasteiger partial charge in [0.1, 0.15) is 6.04 Å². The molecule has 0 radical (unpaired) electrons. The van der Waals surface area contributed by atoms with E-state index in [1.807, 2.05) is 0 Å². The lowest BCUT2D eigenvalue weighted by atomic mass is 10.1. The first-order valence-electron chi connectivity index (χ1n) is 6.29. The first-order chi connectivity index (χ1) is 8.99. The summed E-state index contributed by atoms with van der Waals surface area (Å²) in [6.45, 7) is 2.24. The Labute approximate surface area is 110 Å². The van der Waals surface area contributed by atoms with Gasteiger partial charge in [0, 0.05) is 12.6 Å². The minimum atomic E-state index is -1.06. The highest BCUT2D eigenvalue weighted by Gasteiger charge is 2.25. The second-order valence-corrected chi connectivity index (χ2v) is 4.76. The molecule has 3 N–H and O–H groups in total. The molecule has 1 aliphatic heterocycles. The van der Waals surface area contributed by atoms with Gasteiger partial charge < -0.3 is 10.2 Å². The highest BCUT2D eigenvalue weighted by atomic mass is 16.4. The van der Waals surface area contributed by atoms with E-state index in [2.05, 4.69) is 10.4 Å². The third-order valence-corrected chi connectivity index (χ3v) is 3.32. The van der Waals surface area contributed by atoms with Gasteiger partial charge in [0.05, 0.1) is 5.69 Å². The van der Waals surface area contributed by atoms with Gasteiger partial charge in [-0.05, 0) is 32.3 Å². The molecule has 2 unspecified atom stereocenters. The van der Waals surface area contributed by atoms with Crippen molar-refractivity contribution in [1.29, 1.82) is 0 Å². The van der Waals surface area contributed by atoms with Gasteiger partial charge in [0.15, 0.2) is 5.69 Å². The van der Waals surface area contributed by atoms with Crippen molar-refractivity contribution in [3.8, 4) is 0 Å². The Morgan fingerprint density at radius 2 is 2.21 bits per heavy atom. The molecule has 0 bridgehead atoms. The van der Waals surface area contributed by atoms with Crippen LogP contribution in [0.5, 0.6) is 0 Å². The summed E-state index contributed by atoms with van der Waals surface area (Å²) in [4.78, 5) is 21.9. The summed E-state index contributed by atoms with van der Waals surface area (Å²) in [7, 11) is 0. The maximum atomic E-state index is 11.0. The van der Waals surface area contributed by atoms with Crippen molar-refractivity contribution in [2.75, 3.05) is 0 Å². The molecule has 2 rings (SSSR count). The third-order valence-electron chi connectivity index (χ3n) is 3.32. The van der Waals surface area contributed by atoms with Gasteiger partial charge in [-0.15, -0.1) is 0 Å². The molecule has 19 heavy (non-hydrogen) atoms. The standard InChI is InChI=1S/C12H17N3O4/c1-7(11(16)17)13-8-4-2-3-5-15-10(8)6-9(14-15)12(18)19/h6-8,13H,2-5H2,1H3,(H,16,17)(H,18,19). The molecule has 0 fully saturated rings. The van der Waals surface area contributed by atoms with E-state index in [0.29, 0.717) is 6.54 Å². The van der Waals surface area contributed by atoms with Crippen LogP contribution in [0.25, 0.3) is 0 Å². The Hall–Kier alpha value is -1.89. The molecule has 2 atom stereocenters. The molecule has 1 aromatic heterocycles. The minimum absolute atomic E-state index is 0.00618. The van der Waals surface area contributed by atoms with Gasteiger partial charge in [-0.25, -0.2) is 4.79 Å². The molecule has 0 amide bonds. The number of aromatic nitrogens is 2. The lowest BCUT2D eigenvalue weighted by Gasteiger charge is -2.19. The van der Waals surface area contributed by atoms with Crippen LogP contribution in [0.1, 0.15) is 48.4 Å². The number of aromatic carboxylic acids is 1. The Kier molecular flexibility index (Phi) is 3.84. The fourth-order valence-corrected chi connectivity index (χ4v) is 2.30. The van der Waals surface area contributed by atoms with Crippen LogP contribution in [0.4, 0.5) is 0 Å². The van der Waals surface area contributed by atoms with Crippen LogP contribution in [0, 0.1) is 0 Å². The van der Waals surface area contributed by atoms with Crippen LogP contribution in [0.3, 0.4) is 0 Å². The van der Waals surface area contributed by atoms with Crippen molar-refractivity contribution in [3.63, 3.8) is 0 Å². The lowest BCUT2D eigenvalue weighted by Crippen LogP contribution is -2.37. The molecule has 0 aromatic carbocycles. The average Bonchev–Trinajstić information content (AvgIpc) is 2.69. The van der Waals surface area contributed by atoms with Crippen molar-refractivity contribution in [1.82, 2.24) is 15.1 Å². The largest absolute Gasteiger partial charge is 0.480 e. The first-order valence-corrected chi connectivity index (χ1v) is 6.29. The highest BCUT2D eigenvalue weighted by molar-refractivity contribution is 5.85. The van der Waals surface area contributed by atoms with E-state index < -0.39 is 18.0 Å². The van der Waals surface area contributed by atoms with Gasteiger partial charge >= 0.3 is 11.9 Å². The number of nitrogens with zero attached hydrogens (tertiary/aromatic N) is 2. The van der Waals surface area contributed by atoms with Gasteiger partial charge in [-0.1, -0.05) is 0 Å². The Morgan fingerprint density at radius 3 is 2.84 bits per heavy atom. The number of rotatable bonds is 4. The van der Waals surface area contributed by atoms with E-state index in [-0.39, 0.29) is 11.7 Å². The predicted octanol–water partition coefficient (Wildman–Crippen LogP) is 0.869. The maximum absolute atomic E-state index is 11.0. The van der Waals surface area contributed by atoms with Crippen LogP contribution in [0.2, 0.25) is 0 Å². The second-order valence-electron chi connectivity index (χ2n) is 4.76. The number of aryl methyl sites for hydroxylation is 1. The molecule has 1 aromatic rings. The molecule has 0 saturated heterocycles. The summed E-state index contributed by atoms with van der Waals surface area (Å²) in [6, 6.07) is 0.675. The molecule has 2 heterocycles. The van der Waals surface area contributed by atoms with E-state index in [1.165, 1.54) is 6.07 Å². The first kappa shape index (κ1) is 13.5. The monoisotopic (exact) mass is 267 g/mol. The van der Waals surface area contributed by atoms with Crippen molar-refractivity contribution in [2.45, 2.75) is 44.8 Å². The molecule has 1 aliphatic rings. The summed E-state index contributed by atoms with van der Waals surface area (Å²) < 4.78 is 1.67. The van der Waals surface area contributed by atoms with E-state index in [1.54, 1.807) is 11.6 Å². The summed E-state index contributed by atoms with van der Waals surface area (Å²) in [5, 5.41) is 25.0. The van der Waals surface area contributed by atoms with E-state index in [0.717, 1.165) is 25.0 Å².